The lowest BCUT2D eigenvalue weighted by atomic mass is 9.82. The molecule has 0 aliphatic heterocycles. The van der Waals surface area contributed by atoms with Crippen molar-refractivity contribution in [2.45, 2.75) is 6.92 Å². The predicted octanol–water partition coefficient (Wildman–Crippen LogP) is 13.4. The summed E-state index contributed by atoms with van der Waals surface area (Å²) in [5, 5.41) is 18.1. The van der Waals surface area contributed by atoms with Crippen molar-refractivity contribution in [1.29, 1.82) is 0 Å². The van der Waals surface area contributed by atoms with Crippen LogP contribution in [0, 0.1) is 6.92 Å². The Morgan fingerprint density at radius 1 is 0.298 bits per heavy atom. The molecule has 0 bridgehead atoms. The zero-order chi connectivity index (χ0) is 31.1. The molecule has 10 aromatic rings. The third-order valence-electron chi connectivity index (χ3n) is 10.2. The number of fused-ring (bicyclic) bond motifs is 11. The average Bonchev–Trinajstić information content (AvgIpc) is 3.13. The number of hydrogen-bond acceptors (Lipinski definition) is 0. The van der Waals surface area contributed by atoms with Crippen LogP contribution in [0.3, 0.4) is 0 Å². The quantitative estimate of drug-likeness (QED) is 0.138. The van der Waals surface area contributed by atoms with Gasteiger partial charge in [-0.3, -0.25) is 0 Å². The van der Waals surface area contributed by atoms with Gasteiger partial charge < -0.3 is 0 Å². The summed E-state index contributed by atoms with van der Waals surface area (Å²) in [6, 6.07) is 61.0. The molecule has 218 valence electrons. The van der Waals surface area contributed by atoms with Crippen LogP contribution in [0.1, 0.15) is 5.56 Å². The highest BCUT2D eigenvalue weighted by Crippen LogP contribution is 2.48. The van der Waals surface area contributed by atoms with E-state index in [0.717, 1.165) is 0 Å². The minimum absolute atomic E-state index is 1.25. The zero-order valence-corrected chi connectivity index (χ0v) is 26.1. The average molecular weight is 595 g/mol. The largest absolute Gasteiger partial charge is 0.0616 e. The van der Waals surface area contributed by atoms with Crippen molar-refractivity contribution in [3.05, 3.63) is 169 Å². The maximum absolute atomic E-state index is 2.49. The van der Waals surface area contributed by atoms with Crippen molar-refractivity contribution >= 4 is 75.4 Å². The summed E-state index contributed by atoms with van der Waals surface area (Å²) in [7, 11) is 0. The van der Waals surface area contributed by atoms with Crippen LogP contribution in [-0.2, 0) is 0 Å². The van der Waals surface area contributed by atoms with Crippen molar-refractivity contribution in [3.8, 4) is 22.3 Å². The Morgan fingerprint density at radius 2 is 0.809 bits per heavy atom. The van der Waals surface area contributed by atoms with E-state index < -0.39 is 0 Å². The van der Waals surface area contributed by atoms with Crippen LogP contribution in [-0.4, -0.2) is 0 Å². The molecule has 0 saturated carbocycles. The summed E-state index contributed by atoms with van der Waals surface area (Å²) in [4.78, 5) is 0. The lowest BCUT2D eigenvalue weighted by molar-refractivity contribution is 1.51. The van der Waals surface area contributed by atoms with Crippen molar-refractivity contribution in [1.82, 2.24) is 0 Å². The molecule has 0 amide bonds. The molecule has 0 spiro atoms. The van der Waals surface area contributed by atoms with Crippen molar-refractivity contribution in [2.24, 2.45) is 0 Å². The van der Waals surface area contributed by atoms with Gasteiger partial charge in [-0.05, 0) is 117 Å². The molecule has 0 aliphatic carbocycles. The number of rotatable bonds is 2. The molecule has 0 heteroatoms. The standard InChI is InChI=1S/C47H30/c1-29-22-25-41-42(26-29)33-14-4-5-15-34(33)43-28-44(35-16-6-7-17-36(35)46(41)43)47-39-20-10-8-18-37(39)45(38-19-9-11-21-40(38)47)32-24-23-30-12-2-3-13-31(30)27-32/h2-28H,1H3. The molecule has 0 saturated heterocycles. The van der Waals surface area contributed by atoms with Crippen LogP contribution >= 0.6 is 0 Å². The van der Waals surface area contributed by atoms with Crippen molar-refractivity contribution < 1.29 is 0 Å². The molecule has 10 rings (SSSR count). The fourth-order valence-corrected chi connectivity index (χ4v) is 8.21. The Balaban J connectivity index is 1.40. The van der Waals surface area contributed by atoms with Crippen LogP contribution in [0.5, 0.6) is 0 Å². The maximum Gasteiger partial charge on any atom is -0.00199 e. The van der Waals surface area contributed by atoms with Crippen molar-refractivity contribution in [3.63, 3.8) is 0 Å². The molecule has 0 atom stereocenters. The summed E-state index contributed by atoms with van der Waals surface area (Å²) in [6.45, 7) is 2.19. The molecule has 0 aliphatic rings. The molecule has 0 aromatic heterocycles. The van der Waals surface area contributed by atoms with E-state index in [4.69, 9.17) is 0 Å². The van der Waals surface area contributed by atoms with Crippen LogP contribution in [0.25, 0.3) is 97.7 Å². The van der Waals surface area contributed by atoms with E-state index >= 15 is 0 Å². The minimum Gasteiger partial charge on any atom is -0.0616 e. The summed E-state index contributed by atoms with van der Waals surface area (Å²) < 4.78 is 0. The van der Waals surface area contributed by atoms with Gasteiger partial charge in [0.15, 0.2) is 0 Å². The van der Waals surface area contributed by atoms with Crippen LogP contribution in [0.15, 0.2) is 164 Å². The van der Waals surface area contributed by atoms with E-state index in [1.807, 2.05) is 0 Å². The summed E-state index contributed by atoms with van der Waals surface area (Å²) in [6.07, 6.45) is 0. The molecule has 0 fully saturated rings. The van der Waals surface area contributed by atoms with Gasteiger partial charge in [0, 0.05) is 0 Å². The first kappa shape index (κ1) is 26.3. The Morgan fingerprint density at radius 3 is 1.49 bits per heavy atom. The molecule has 47 heavy (non-hydrogen) atoms. The predicted molar refractivity (Wildman–Crippen MR) is 205 cm³/mol. The van der Waals surface area contributed by atoms with E-state index in [0.29, 0.717) is 0 Å². The first-order chi connectivity index (χ1) is 23.2. The lowest BCUT2D eigenvalue weighted by Crippen LogP contribution is -1.93. The Bertz CT molecular complexity index is 2850. The van der Waals surface area contributed by atoms with Gasteiger partial charge in [-0.2, -0.15) is 0 Å². The maximum atomic E-state index is 2.49. The molecule has 0 heterocycles. The Kier molecular flexibility index (Phi) is 5.59. The summed E-state index contributed by atoms with van der Waals surface area (Å²) in [5.74, 6) is 0. The fraction of sp³-hybridized carbons (Fsp3) is 0.0213. The highest BCUT2D eigenvalue weighted by atomic mass is 14.2. The fourth-order valence-electron chi connectivity index (χ4n) is 8.21. The Hall–Kier alpha value is -5.98. The number of hydrogen-bond donors (Lipinski definition) is 0. The van der Waals surface area contributed by atoms with E-state index in [2.05, 4.69) is 171 Å². The van der Waals surface area contributed by atoms with Crippen molar-refractivity contribution in [2.75, 3.05) is 0 Å². The van der Waals surface area contributed by atoms with Gasteiger partial charge in [-0.15, -0.1) is 0 Å². The van der Waals surface area contributed by atoms with Crippen LogP contribution < -0.4 is 0 Å². The highest BCUT2D eigenvalue weighted by Gasteiger charge is 2.20. The van der Waals surface area contributed by atoms with E-state index in [-0.39, 0.29) is 0 Å². The van der Waals surface area contributed by atoms with Gasteiger partial charge in [0.2, 0.25) is 0 Å². The smallest absolute Gasteiger partial charge is 0.00199 e. The lowest BCUT2D eigenvalue weighted by Gasteiger charge is -2.21. The van der Waals surface area contributed by atoms with E-state index in [1.54, 1.807) is 0 Å². The van der Waals surface area contributed by atoms with Gasteiger partial charge in [-0.25, -0.2) is 0 Å². The second-order valence-corrected chi connectivity index (χ2v) is 12.9. The van der Waals surface area contributed by atoms with Gasteiger partial charge in [0.05, 0.1) is 0 Å². The minimum atomic E-state index is 1.25. The monoisotopic (exact) mass is 594 g/mol. The summed E-state index contributed by atoms with van der Waals surface area (Å²) >= 11 is 0. The van der Waals surface area contributed by atoms with Gasteiger partial charge >= 0.3 is 0 Å². The topological polar surface area (TPSA) is 0 Å². The van der Waals surface area contributed by atoms with E-state index in [9.17, 15) is 0 Å². The molecular formula is C47H30. The second-order valence-electron chi connectivity index (χ2n) is 12.9. The summed E-state index contributed by atoms with van der Waals surface area (Å²) in [5.41, 5.74) is 6.41. The normalized spacial score (nSPS) is 11.9. The zero-order valence-electron chi connectivity index (χ0n) is 26.1. The van der Waals surface area contributed by atoms with Gasteiger partial charge in [-0.1, -0.05) is 157 Å². The molecule has 0 nitrogen and oxygen atoms in total. The van der Waals surface area contributed by atoms with Gasteiger partial charge in [0.25, 0.3) is 0 Å². The third kappa shape index (κ3) is 3.82. The van der Waals surface area contributed by atoms with E-state index in [1.165, 1.54) is 103 Å². The molecular weight excluding hydrogens is 565 g/mol. The molecule has 0 radical (unpaired) electrons. The molecule has 0 unspecified atom stereocenters. The second kappa shape index (κ2) is 10.0. The number of benzene rings is 10. The SMILES string of the molecule is Cc1ccc2c(c1)c1ccccc1c1cc(-c3c4ccccc4c(-c4ccc5ccccc5c4)c4ccccc34)c3ccccc3c21. The number of aryl methyl sites for hydroxylation is 1. The van der Waals surface area contributed by atoms with Crippen LogP contribution in [0.4, 0.5) is 0 Å². The highest BCUT2D eigenvalue weighted by molar-refractivity contribution is 6.34. The Labute approximate surface area is 273 Å². The molecule has 0 N–H and O–H groups in total. The van der Waals surface area contributed by atoms with Crippen LogP contribution in [0.2, 0.25) is 0 Å². The first-order valence-corrected chi connectivity index (χ1v) is 16.4. The third-order valence-corrected chi connectivity index (χ3v) is 10.2. The molecule has 10 aromatic carbocycles. The first-order valence-electron chi connectivity index (χ1n) is 16.4. The van der Waals surface area contributed by atoms with Gasteiger partial charge in [0.1, 0.15) is 0 Å².